The second kappa shape index (κ2) is 13.9. The number of phenolic OH excluding ortho intramolecular Hbond substituents is 1. The van der Waals surface area contributed by atoms with Crippen LogP contribution in [0.1, 0.15) is 84.6 Å². The van der Waals surface area contributed by atoms with Gasteiger partial charge in [-0.1, -0.05) is 153 Å². The van der Waals surface area contributed by atoms with Crippen LogP contribution in [0.5, 0.6) is 5.75 Å². The van der Waals surface area contributed by atoms with E-state index in [2.05, 4.69) is 172 Å². The second-order valence-electron chi connectivity index (χ2n) is 18.1. The lowest BCUT2D eigenvalue weighted by Crippen LogP contribution is -2.17. The number of hydrogen-bond donors (Lipinski definition) is 1. The van der Waals surface area contributed by atoms with Crippen molar-refractivity contribution in [3.05, 3.63) is 150 Å². The van der Waals surface area contributed by atoms with Crippen LogP contribution in [0.2, 0.25) is 0 Å². The number of para-hydroxylation sites is 1. The van der Waals surface area contributed by atoms with Crippen molar-refractivity contribution in [2.24, 2.45) is 4.99 Å². The van der Waals surface area contributed by atoms with Crippen molar-refractivity contribution in [3.63, 3.8) is 0 Å². The molecule has 0 spiro atoms. The van der Waals surface area contributed by atoms with Gasteiger partial charge in [0.25, 0.3) is 0 Å². The van der Waals surface area contributed by atoms with Crippen LogP contribution >= 0.6 is 11.3 Å². The summed E-state index contributed by atoms with van der Waals surface area (Å²) < 4.78 is 1.15. The van der Waals surface area contributed by atoms with Crippen LogP contribution in [-0.2, 0) is 16.2 Å². The summed E-state index contributed by atoms with van der Waals surface area (Å²) >= 11 is 1.71. The molecule has 1 heterocycles. The molecular weight excluding hydrogens is 701 g/mol. The van der Waals surface area contributed by atoms with Crippen molar-refractivity contribution in [2.75, 3.05) is 0 Å². The number of rotatable bonds is 5. The quantitative estimate of drug-likeness (QED) is 0.141. The van der Waals surface area contributed by atoms with Crippen LogP contribution in [0, 0.1) is 0 Å². The van der Waals surface area contributed by atoms with Gasteiger partial charge in [-0.25, -0.2) is 4.98 Å². The Hall–Kier alpha value is -5.58. The summed E-state index contributed by atoms with van der Waals surface area (Å²) in [4.78, 5) is 10.4. The number of aromatic nitrogens is 1. The zero-order chi connectivity index (χ0) is 39.6. The second-order valence-corrected chi connectivity index (χ2v) is 19.2. The highest BCUT2D eigenvalue weighted by molar-refractivity contribution is 7.21. The lowest BCUT2D eigenvalue weighted by Gasteiger charge is -2.27. The fourth-order valence-corrected chi connectivity index (χ4v) is 8.65. The first-order valence-electron chi connectivity index (χ1n) is 19.5. The monoisotopic (exact) mass is 750 g/mol. The van der Waals surface area contributed by atoms with E-state index in [1.54, 1.807) is 11.3 Å². The molecular formula is C52H50N2OS. The van der Waals surface area contributed by atoms with Gasteiger partial charge < -0.3 is 5.11 Å². The van der Waals surface area contributed by atoms with Crippen LogP contribution in [0.4, 0.5) is 5.69 Å². The van der Waals surface area contributed by atoms with Gasteiger partial charge >= 0.3 is 0 Å². The average Bonchev–Trinajstić information content (AvgIpc) is 3.60. The first-order valence-corrected chi connectivity index (χ1v) is 20.4. The summed E-state index contributed by atoms with van der Waals surface area (Å²) in [6.07, 6.45) is 1.81. The molecule has 0 aliphatic heterocycles. The third-order valence-electron chi connectivity index (χ3n) is 10.9. The molecule has 0 aliphatic rings. The standard InChI is InChI=1S/C52H50N2OS/c1-50(2,3)36-26-35(48(55)44(29-36)52(7,8)9)31-53-45-21-15-14-20-41(45)49-54-47-43(28-37(51(4,5)6)30-46(47)56-49)33-24-22-32(23-25-33)42-27-34-16-10-11-17-38(34)39-18-12-13-19-40(39)42/h10-31,55H,1-9H3. The maximum Gasteiger partial charge on any atom is 0.128 e. The van der Waals surface area contributed by atoms with Crippen LogP contribution in [-0.4, -0.2) is 16.3 Å². The summed E-state index contributed by atoms with van der Waals surface area (Å²) in [6.45, 7) is 19.8. The lowest BCUT2D eigenvalue weighted by molar-refractivity contribution is 0.444. The Morgan fingerprint density at radius 2 is 1.14 bits per heavy atom. The van der Waals surface area contributed by atoms with Gasteiger partial charge in [-0.2, -0.15) is 0 Å². The molecule has 0 amide bonds. The molecule has 8 rings (SSSR count). The molecule has 0 radical (unpaired) electrons. The van der Waals surface area contributed by atoms with Gasteiger partial charge in [0.15, 0.2) is 0 Å². The molecule has 0 bridgehead atoms. The molecule has 1 aromatic heterocycles. The fourth-order valence-electron chi connectivity index (χ4n) is 7.59. The molecule has 7 aromatic carbocycles. The van der Waals surface area contributed by atoms with Gasteiger partial charge in [-0.15, -0.1) is 11.3 Å². The third kappa shape index (κ3) is 7.03. The molecule has 1 N–H and O–H groups in total. The van der Waals surface area contributed by atoms with E-state index in [1.165, 1.54) is 43.8 Å². The van der Waals surface area contributed by atoms with Crippen LogP contribution in [0.25, 0.3) is 64.6 Å². The molecule has 0 saturated carbocycles. The number of nitrogens with zero attached hydrogens (tertiary/aromatic N) is 2. The van der Waals surface area contributed by atoms with Gasteiger partial charge in [-0.3, -0.25) is 4.99 Å². The van der Waals surface area contributed by atoms with E-state index in [-0.39, 0.29) is 22.0 Å². The highest BCUT2D eigenvalue weighted by Gasteiger charge is 2.25. The molecule has 4 heteroatoms. The van der Waals surface area contributed by atoms with E-state index in [1.807, 2.05) is 24.4 Å². The first-order chi connectivity index (χ1) is 26.6. The average molecular weight is 751 g/mol. The number of aliphatic imine (C=N–C) groups is 1. The predicted octanol–water partition coefficient (Wildman–Crippen LogP) is 15.0. The number of benzene rings is 7. The zero-order valence-corrected chi connectivity index (χ0v) is 34.8. The van der Waals surface area contributed by atoms with Gasteiger partial charge in [-0.05, 0) is 102 Å². The minimum Gasteiger partial charge on any atom is -0.507 e. The van der Waals surface area contributed by atoms with Gasteiger partial charge in [0.1, 0.15) is 10.8 Å². The van der Waals surface area contributed by atoms with E-state index < -0.39 is 0 Å². The van der Waals surface area contributed by atoms with Crippen molar-refractivity contribution < 1.29 is 5.11 Å². The summed E-state index contributed by atoms with van der Waals surface area (Å²) in [6, 6.07) is 45.8. The molecule has 0 fully saturated rings. The zero-order valence-electron chi connectivity index (χ0n) is 34.0. The summed E-state index contributed by atoms with van der Waals surface area (Å²) in [7, 11) is 0. The fraction of sp³-hybridized carbons (Fsp3) is 0.231. The Kier molecular flexibility index (Phi) is 9.25. The molecule has 0 atom stereocenters. The largest absolute Gasteiger partial charge is 0.507 e. The molecule has 0 unspecified atom stereocenters. The maximum absolute atomic E-state index is 11.5. The topological polar surface area (TPSA) is 45.5 Å². The minimum atomic E-state index is -0.221. The Balaban J connectivity index is 1.22. The van der Waals surface area contributed by atoms with Crippen molar-refractivity contribution in [3.8, 4) is 38.6 Å². The molecule has 8 aromatic rings. The lowest BCUT2D eigenvalue weighted by atomic mass is 9.79. The molecule has 56 heavy (non-hydrogen) atoms. The first kappa shape index (κ1) is 37.3. The van der Waals surface area contributed by atoms with Crippen LogP contribution in [0.3, 0.4) is 0 Å². The van der Waals surface area contributed by atoms with Crippen molar-refractivity contribution in [1.29, 1.82) is 0 Å². The van der Waals surface area contributed by atoms with Gasteiger partial charge in [0, 0.05) is 28.5 Å². The molecule has 3 nitrogen and oxygen atoms in total. The summed E-state index contributed by atoms with van der Waals surface area (Å²) in [5.74, 6) is 0.283. The normalized spacial score (nSPS) is 12.7. The molecule has 0 saturated heterocycles. The van der Waals surface area contributed by atoms with Crippen LogP contribution < -0.4 is 0 Å². The Morgan fingerprint density at radius 3 is 1.82 bits per heavy atom. The number of phenols is 1. The number of fused-ring (bicyclic) bond motifs is 4. The summed E-state index contributed by atoms with van der Waals surface area (Å²) in [5, 5.41) is 17.4. The maximum atomic E-state index is 11.5. The SMILES string of the molecule is CC(C)(C)c1cc(C=Nc2ccccc2-c2nc3c(-c4ccc(-c5cc6ccccc6c6ccccc56)cc4)cc(C(C)(C)C)cc3s2)c(O)c(C(C)(C)C)c1. The van der Waals surface area contributed by atoms with Gasteiger partial charge in [0.05, 0.1) is 15.9 Å². The third-order valence-corrected chi connectivity index (χ3v) is 12.0. The Morgan fingerprint density at radius 1 is 0.554 bits per heavy atom. The smallest absolute Gasteiger partial charge is 0.128 e. The van der Waals surface area contributed by atoms with Crippen molar-refractivity contribution in [2.45, 2.75) is 78.6 Å². The van der Waals surface area contributed by atoms with Crippen molar-refractivity contribution in [1.82, 2.24) is 4.98 Å². The van der Waals surface area contributed by atoms with E-state index in [9.17, 15) is 5.11 Å². The number of hydrogen-bond acceptors (Lipinski definition) is 4. The minimum absolute atomic E-state index is 0.0469. The highest BCUT2D eigenvalue weighted by atomic mass is 32.1. The predicted molar refractivity (Wildman–Crippen MR) is 242 cm³/mol. The van der Waals surface area contributed by atoms with E-state index >= 15 is 0 Å². The number of thiazole rings is 1. The van der Waals surface area contributed by atoms with Crippen LogP contribution in [0.15, 0.2) is 132 Å². The van der Waals surface area contributed by atoms with Crippen molar-refractivity contribution >= 4 is 55.0 Å². The molecule has 280 valence electrons. The van der Waals surface area contributed by atoms with Gasteiger partial charge in [0.2, 0.25) is 0 Å². The summed E-state index contributed by atoms with van der Waals surface area (Å²) in [5.41, 5.74) is 11.2. The number of aromatic hydroxyl groups is 1. The van der Waals surface area contributed by atoms with E-state index in [0.717, 1.165) is 48.7 Å². The molecule has 0 aliphatic carbocycles. The Bertz CT molecular complexity index is 2800. The highest BCUT2D eigenvalue weighted by Crippen LogP contribution is 2.43. The van der Waals surface area contributed by atoms with E-state index in [4.69, 9.17) is 9.98 Å². The Labute approximate surface area is 335 Å². The van der Waals surface area contributed by atoms with E-state index in [0.29, 0.717) is 0 Å².